The third-order valence-electron chi connectivity index (χ3n) is 0.859. The van der Waals surface area contributed by atoms with Gasteiger partial charge in [-0.15, -0.1) is 17.0 Å². The highest BCUT2D eigenvalue weighted by atomic mass is 79.9. The lowest BCUT2D eigenvalue weighted by atomic mass is 10.4. The number of halogens is 2. The molecule has 1 nitrogen and oxygen atoms in total. The molecule has 0 N–H and O–H groups in total. The van der Waals surface area contributed by atoms with E-state index in [4.69, 9.17) is 0 Å². The fourth-order valence-electron chi connectivity index (χ4n) is 0.511. The summed E-state index contributed by atoms with van der Waals surface area (Å²) in [6.07, 6.45) is 1.78. The monoisotopic (exact) mass is 251 g/mol. The summed E-state index contributed by atoms with van der Waals surface area (Å²) in [5, 5.41) is 0. The molecule has 1 aromatic heterocycles. The van der Waals surface area contributed by atoms with E-state index in [1.54, 1.807) is 6.20 Å². The number of hydrogen-bond acceptors (Lipinski definition) is 1. The third kappa shape index (κ3) is 2.96. The molecule has 0 radical (unpaired) electrons. The fourth-order valence-corrected chi connectivity index (χ4v) is 0.960. The van der Waals surface area contributed by atoms with Crippen LogP contribution in [0.4, 0.5) is 0 Å². The van der Waals surface area contributed by atoms with Crippen LogP contribution in [-0.4, -0.2) is 4.98 Å². The number of rotatable bonds is 0. The first-order valence-corrected chi connectivity index (χ1v) is 3.16. The molecule has 0 spiro atoms. The van der Waals surface area contributed by atoms with Crippen LogP contribution in [0.2, 0.25) is 0 Å². The Labute approximate surface area is 73.4 Å². The number of pyridine rings is 1. The Kier molecular flexibility index (Phi) is 4.06. The molecule has 0 aliphatic rings. The van der Waals surface area contributed by atoms with Crippen LogP contribution in [0.25, 0.3) is 0 Å². The van der Waals surface area contributed by atoms with Gasteiger partial charge in [0.25, 0.3) is 0 Å². The molecule has 0 amide bonds. The van der Waals surface area contributed by atoms with E-state index in [2.05, 4.69) is 20.9 Å². The Morgan fingerprint density at radius 1 is 1.56 bits per heavy atom. The molecular formula is C6H7Br2N. The number of nitrogens with zero attached hydrogens (tertiary/aromatic N) is 1. The van der Waals surface area contributed by atoms with Gasteiger partial charge in [0.2, 0.25) is 0 Å². The molecule has 50 valence electrons. The van der Waals surface area contributed by atoms with Crippen LogP contribution in [0, 0.1) is 6.92 Å². The lowest BCUT2D eigenvalue weighted by Gasteiger charge is -1.88. The van der Waals surface area contributed by atoms with Crippen molar-refractivity contribution in [3.63, 3.8) is 0 Å². The second-order valence-electron chi connectivity index (χ2n) is 1.62. The zero-order chi connectivity index (χ0) is 5.98. The van der Waals surface area contributed by atoms with Crippen molar-refractivity contribution in [2.24, 2.45) is 0 Å². The van der Waals surface area contributed by atoms with Crippen molar-refractivity contribution in [3.8, 4) is 0 Å². The first-order valence-electron chi connectivity index (χ1n) is 2.37. The molecule has 0 saturated carbocycles. The molecule has 0 fully saturated rings. The zero-order valence-electron chi connectivity index (χ0n) is 4.97. The Balaban J connectivity index is 0.000000640. The average molecular weight is 253 g/mol. The quantitative estimate of drug-likeness (QED) is 0.692. The van der Waals surface area contributed by atoms with E-state index < -0.39 is 0 Å². The summed E-state index contributed by atoms with van der Waals surface area (Å²) in [6, 6.07) is 3.88. The average Bonchev–Trinajstić information content (AvgIpc) is 1.64. The lowest BCUT2D eigenvalue weighted by Crippen LogP contribution is -1.75. The minimum atomic E-state index is 0. The molecular weight excluding hydrogens is 246 g/mol. The van der Waals surface area contributed by atoms with Crippen molar-refractivity contribution in [2.45, 2.75) is 6.92 Å². The van der Waals surface area contributed by atoms with Crippen LogP contribution in [0.1, 0.15) is 5.69 Å². The van der Waals surface area contributed by atoms with E-state index in [0.29, 0.717) is 0 Å². The van der Waals surface area contributed by atoms with Crippen LogP contribution in [0.3, 0.4) is 0 Å². The summed E-state index contributed by atoms with van der Waals surface area (Å²) in [5.41, 5.74) is 1.04. The Morgan fingerprint density at radius 2 is 2.22 bits per heavy atom. The van der Waals surface area contributed by atoms with Crippen molar-refractivity contribution in [3.05, 3.63) is 28.5 Å². The van der Waals surface area contributed by atoms with Gasteiger partial charge in [0.05, 0.1) is 0 Å². The standard InChI is InChI=1S/C6H6BrN.BrH/c1-5-4-6(7)2-3-8-5;/h2-4H,1H3;1H. The van der Waals surface area contributed by atoms with Crippen LogP contribution < -0.4 is 0 Å². The van der Waals surface area contributed by atoms with Gasteiger partial charge in [-0.3, -0.25) is 4.98 Å². The Hall–Kier alpha value is 0.110. The highest BCUT2D eigenvalue weighted by molar-refractivity contribution is 9.10. The Bertz CT molecular complexity index is 171. The van der Waals surface area contributed by atoms with Gasteiger partial charge >= 0.3 is 0 Å². The van der Waals surface area contributed by atoms with Gasteiger partial charge < -0.3 is 0 Å². The second-order valence-corrected chi connectivity index (χ2v) is 2.53. The summed E-state index contributed by atoms with van der Waals surface area (Å²) < 4.78 is 1.09. The smallest absolute Gasteiger partial charge is 0.0383 e. The number of hydrogen-bond donors (Lipinski definition) is 0. The summed E-state index contributed by atoms with van der Waals surface area (Å²) >= 11 is 3.32. The predicted molar refractivity (Wildman–Crippen MR) is 47.0 cm³/mol. The molecule has 3 heteroatoms. The summed E-state index contributed by atoms with van der Waals surface area (Å²) in [5.74, 6) is 0. The first-order chi connectivity index (χ1) is 3.79. The van der Waals surface area contributed by atoms with Gasteiger partial charge in [0.1, 0.15) is 0 Å². The minimum Gasteiger partial charge on any atom is -0.262 e. The largest absolute Gasteiger partial charge is 0.262 e. The van der Waals surface area contributed by atoms with Gasteiger partial charge in [-0.05, 0) is 19.1 Å². The molecule has 0 aliphatic carbocycles. The molecule has 1 heterocycles. The van der Waals surface area contributed by atoms with Crippen LogP contribution >= 0.6 is 32.9 Å². The highest BCUT2D eigenvalue weighted by Gasteiger charge is 1.83. The molecule has 1 aromatic rings. The van der Waals surface area contributed by atoms with Crippen molar-refractivity contribution in [1.82, 2.24) is 4.98 Å². The zero-order valence-corrected chi connectivity index (χ0v) is 8.26. The van der Waals surface area contributed by atoms with E-state index >= 15 is 0 Å². The lowest BCUT2D eigenvalue weighted by molar-refractivity contribution is 1.19. The van der Waals surface area contributed by atoms with Crippen molar-refractivity contribution < 1.29 is 0 Å². The minimum absolute atomic E-state index is 0. The predicted octanol–water partition coefficient (Wildman–Crippen LogP) is 2.73. The number of aromatic nitrogens is 1. The summed E-state index contributed by atoms with van der Waals surface area (Å²) in [7, 11) is 0. The van der Waals surface area contributed by atoms with E-state index in [-0.39, 0.29) is 17.0 Å². The van der Waals surface area contributed by atoms with E-state index in [1.807, 2.05) is 19.1 Å². The van der Waals surface area contributed by atoms with E-state index in [1.165, 1.54) is 0 Å². The van der Waals surface area contributed by atoms with Gasteiger partial charge in [-0.2, -0.15) is 0 Å². The maximum atomic E-state index is 4.01. The van der Waals surface area contributed by atoms with Crippen molar-refractivity contribution >= 4 is 32.9 Å². The molecule has 1 rings (SSSR count). The normalized spacial score (nSPS) is 8.22. The summed E-state index contributed by atoms with van der Waals surface area (Å²) in [6.45, 7) is 1.96. The fraction of sp³-hybridized carbons (Fsp3) is 0.167. The van der Waals surface area contributed by atoms with Gasteiger partial charge in [0.15, 0.2) is 0 Å². The molecule has 9 heavy (non-hydrogen) atoms. The maximum Gasteiger partial charge on any atom is 0.0383 e. The van der Waals surface area contributed by atoms with E-state index in [9.17, 15) is 0 Å². The molecule has 0 bridgehead atoms. The molecule has 0 unspecified atom stereocenters. The van der Waals surface area contributed by atoms with Crippen LogP contribution in [0.15, 0.2) is 22.8 Å². The van der Waals surface area contributed by atoms with Crippen LogP contribution in [-0.2, 0) is 0 Å². The van der Waals surface area contributed by atoms with Crippen LogP contribution in [0.5, 0.6) is 0 Å². The molecule has 0 saturated heterocycles. The van der Waals surface area contributed by atoms with E-state index in [0.717, 1.165) is 10.2 Å². The molecule has 0 atom stereocenters. The van der Waals surface area contributed by atoms with Crippen molar-refractivity contribution in [2.75, 3.05) is 0 Å². The summed E-state index contributed by atoms with van der Waals surface area (Å²) in [4.78, 5) is 4.01. The Morgan fingerprint density at radius 3 is 2.56 bits per heavy atom. The maximum absolute atomic E-state index is 4.01. The molecule has 0 aromatic carbocycles. The highest BCUT2D eigenvalue weighted by Crippen LogP contribution is 2.07. The van der Waals surface area contributed by atoms with Crippen molar-refractivity contribution in [1.29, 1.82) is 0 Å². The topological polar surface area (TPSA) is 12.9 Å². The third-order valence-corrected chi connectivity index (χ3v) is 1.35. The van der Waals surface area contributed by atoms with Gasteiger partial charge in [-0.1, -0.05) is 15.9 Å². The first kappa shape index (κ1) is 9.11. The number of aryl methyl sites for hydroxylation is 1. The SMILES string of the molecule is Br.Cc1cc(Br)ccn1. The molecule has 0 aliphatic heterocycles. The van der Waals surface area contributed by atoms with Gasteiger partial charge in [-0.25, -0.2) is 0 Å². The van der Waals surface area contributed by atoms with Gasteiger partial charge in [0, 0.05) is 16.4 Å². The second kappa shape index (κ2) is 4.01.